The largest absolute Gasteiger partial charge is 0.494 e. The van der Waals surface area contributed by atoms with E-state index in [0.717, 1.165) is 12.8 Å². The van der Waals surface area contributed by atoms with Crippen LogP contribution < -0.4 is 20.7 Å². The maximum Gasteiger partial charge on any atom is 0.273 e. The summed E-state index contributed by atoms with van der Waals surface area (Å²) in [7, 11) is 1.47. The molecule has 2 heterocycles. The molecule has 11 nitrogen and oxygen atoms in total. The minimum Gasteiger partial charge on any atom is -0.494 e. The summed E-state index contributed by atoms with van der Waals surface area (Å²) < 4.78 is 27.5. The van der Waals surface area contributed by atoms with Crippen LogP contribution in [0.1, 0.15) is 27.4 Å². The van der Waals surface area contributed by atoms with Crippen LogP contribution in [0.4, 0.5) is 17.2 Å². The molecule has 4 N–H and O–H groups in total. The Labute approximate surface area is 175 Å². The van der Waals surface area contributed by atoms with Gasteiger partial charge in [0.05, 0.1) is 24.7 Å². The molecule has 0 atom stereocenters. The number of benzene rings is 1. The van der Waals surface area contributed by atoms with E-state index < -0.39 is 12.9 Å². The minimum absolute atomic E-state index is 0.0685. The van der Waals surface area contributed by atoms with Gasteiger partial charge in [-0.1, -0.05) is 6.07 Å². The number of anilines is 3. The van der Waals surface area contributed by atoms with Crippen LogP contribution >= 0.6 is 0 Å². The van der Waals surface area contributed by atoms with Crippen molar-refractivity contribution in [1.82, 2.24) is 30.9 Å². The molecule has 1 saturated carbocycles. The second-order valence-electron chi connectivity index (χ2n) is 6.58. The van der Waals surface area contributed by atoms with Crippen molar-refractivity contribution in [2.24, 2.45) is 5.92 Å². The van der Waals surface area contributed by atoms with Gasteiger partial charge in [-0.2, -0.15) is 15.4 Å². The molecule has 0 spiro atoms. The lowest BCUT2D eigenvalue weighted by atomic mass is 10.1. The number of nitrogens with one attached hydrogen (secondary N) is 4. The number of aromatic nitrogens is 5. The van der Waals surface area contributed by atoms with Crippen molar-refractivity contribution in [1.29, 1.82) is 0 Å². The third-order valence-corrected chi connectivity index (χ3v) is 4.50. The molecule has 0 aliphatic heterocycles. The van der Waals surface area contributed by atoms with Crippen molar-refractivity contribution in [3.8, 4) is 17.0 Å². The lowest BCUT2D eigenvalue weighted by Gasteiger charge is -2.16. The van der Waals surface area contributed by atoms with Gasteiger partial charge in [0.2, 0.25) is 5.91 Å². The molecular weight excluding hydrogens is 388 g/mol. The van der Waals surface area contributed by atoms with Gasteiger partial charge < -0.3 is 20.7 Å². The Morgan fingerprint density at radius 3 is 2.83 bits per heavy atom. The number of hydrogen-bond acceptors (Lipinski definition) is 8. The first kappa shape index (κ1) is 15.9. The van der Waals surface area contributed by atoms with E-state index in [-0.39, 0.29) is 29.0 Å². The quantitative estimate of drug-likeness (QED) is 0.459. The van der Waals surface area contributed by atoms with E-state index in [4.69, 9.17) is 8.85 Å². The summed E-state index contributed by atoms with van der Waals surface area (Å²) in [6, 6.07) is 6.61. The lowest BCUT2D eigenvalue weighted by molar-refractivity contribution is -0.117. The topological polar surface area (TPSA) is 147 Å². The van der Waals surface area contributed by atoms with Crippen LogP contribution in [0.2, 0.25) is 0 Å². The van der Waals surface area contributed by atoms with Crippen molar-refractivity contribution < 1.29 is 18.4 Å². The average Bonchev–Trinajstić information content (AvgIpc) is 3.47. The van der Waals surface area contributed by atoms with Gasteiger partial charge >= 0.3 is 0 Å². The Kier molecular flexibility index (Phi) is 4.31. The molecule has 4 rings (SSSR count). The maximum atomic E-state index is 12.6. The number of nitrogens with zero attached hydrogens (tertiary/aromatic N) is 4. The van der Waals surface area contributed by atoms with Crippen LogP contribution in [-0.4, -0.2) is 51.5 Å². The van der Waals surface area contributed by atoms with Crippen LogP contribution in [-0.2, 0) is 4.79 Å². The number of carbonyl (C=O) groups is 2. The predicted octanol–water partition coefficient (Wildman–Crippen LogP) is 1.72. The second-order valence-corrected chi connectivity index (χ2v) is 6.58. The van der Waals surface area contributed by atoms with Crippen LogP contribution in [0.25, 0.3) is 11.3 Å². The fourth-order valence-corrected chi connectivity index (χ4v) is 2.88. The third-order valence-electron chi connectivity index (χ3n) is 4.50. The van der Waals surface area contributed by atoms with Crippen LogP contribution in [0.5, 0.6) is 5.75 Å². The first-order valence-electron chi connectivity index (χ1n) is 10.6. The molecule has 2 amide bonds. The Balaban J connectivity index is 1.72. The highest BCUT2D eigenvalue weighted by atomic mass is 16.5. The first-order valence-corrected chi connectivity index (χ1v) is 9.06. The minimum atomic E-state index is -2.72. The zero-order chi connectivity index (χ0) is 23.6. The Hall–Kier alpha value is -4.02. The number of carbonyl (C=O) groups excluding carboxylic acids is 2. The summed E-state index contributed by atoms with van der Waals surface area (Å²) in [5.41, 5.74) is 1.43. The van der Waals surface area contributed by atoms with Gasteiger partial charge in [-0.15, -0.1) is 10.2 Å². The standard InChI is InChI=1S/C19H20N8O3/c1-20-19(29)16-13(8-15(25-26-16)23-18(28)10-6-7-10)22-12-5-3-4-11(17(12)30-2)14-9-21-27-24-14/h3-5,8-10H,6-7H2,1-2H3,(H,20,29)(H,21,24,27)(H2,22,23,25,28)/i1D3. The van der Waals surface area contributed by atoms with E-state index in [1.165, 1.54) is 19.4 Å². The Bertz CT molecular complexity index is 1180. The number of ether oxygens (including phenoxy) is 1. The van der Waals surface area contributed by atoms with Crippen molar-refractivity contribution in [3.63, 3.8) is 0 Å². The third kappa shape index (κ3) is 3.90. The summed E-state index contributed by atoms with van der Waals surface area (Å²) >= 11 is 0. The number of hydrogen-bond donors (Lipinski definition) is 4. The van der Waals surface area contributed by atoms with Gasteiger partial charge in [0.1, 0.15) is 5.69 Å². The van der Waals surface area contributed by atoms with Crippen molar-refractivity contribution >= 4 is 29.0 Å². The highest BCUT2D eigenvalue weighted by molar-refractivity contribution is 6.00. The van der Waals surface area contributed by atoms with E-state index in [1.807, 2.05) is 5.32 Å². The van der Waals surface area contributed by atoms with E-state index in [0.29, 0.717) is 22.7 Å². The van der Waals surface area contributed by atoms with Gasteiger partial charge in [-0.05, 0) is 25.0 Å². The monoisotopic (exact) mass is 411 g/mol. The molecule has 1 aromatic carbocycles. The average molecular weight is 411 g/mol. The number of rotatable bonds is 7. The molecule has 0 bridgehead atoms. The molecule has 30 heavy (non-hydrogen) atoms. The van der Waals surface area contributed by atoms with E-state index in [9.17, 15) is 9.59 Å². The molecule has 0 radical (unpaired) electrons. The highest BCUT2D eigenvalue weighted by Crippen LogP contribution is 2.37. The zero-order valence-electron chi connectivity index (χ0n) is 18.9. The van der Waals surface area contributed by atoms with Gasteiger partial charge in [-0.3, -0.25) is 9.59 Å². The van der Waals surface area contributed by atoms with Gasteiger partial charge in [0.15, 0.2) is 17.3 Å². The number of H-pyrrole nitrogens is 1. The summed E-state index contributed by atoms with van der Waals surface area (Å²) in [6.07, 6.45) is 3.13. The summed E-state index contributed by atoms with van der Waals surface area (Å²) in [5.74, 6) is -0.710. The molecule has 3 aromatic rings. The SMILES string of the molecule is [2H]C([2H])([2H])NC(=O)c1nnc(NC(=O)C2CC2)cc1Nc1cccc(-c2cn[nH]n2)c1OC. The zero-order valence-corrected chi connectivity index (χ0v) is 15.9. The Morgan fingerprint density at radius 2 is 2.13 bits per heavy atom. The number of amides is 2. The molecule has 2 aromatic heterocycles. The molecule has 1 fully saturated rings. The van der Waals surface area contributed by atoms with E-state index >= 15 is 0 Å². The molecule has 0 saturated heterocycles. The van der Waals surface area contributed by atoms with E-state index in [1.54, 1.807) is 18.2 Å². The molecule has 0 unspecified atom stereocenters. The van der Waals surface area contributed by atoms with Crippen molar-refractivity contribution in [2.45, 2.75) is 12.8 Å². The molecule has 1 aliphatic carbocycles. The maximum absolute atomic E-state index is 12.6. The highest BCUT2D eigenvalue weighted by Gasteiger charge is 2.30. The summed E-state index contributed by atoms with van der Waals surface area (Å²) in [4.78, 5) is 24.7. The number of aromatic amines is 1. The lowest BCUT2D eigenvalue weighted by Crippen LogP contribution is -2.22. The summed E-state index contributed by atoms with van der Waals surface area (Å²) in [5, 5.41) is 25.7. The summed E-state index contributed by atoms with van der Waals surface area (Å²) in [6.45, 7) is -2.72. The molecule has 1 aliphatic rings. The molecule has 11 heteroatoms. The van der Waals surface area contributed by atoms with Crippen LogP contribution in [0.3, 0.4) is 0 Å². The normalized spacial score (nSPS) is 14.8. The van der Waals surface area contributed by atoms with E-state index in [2.05, 4.69) is 36.2 Å². The number of para-hydroxylation sites is 1. The van der Waals surface area contributed by atoms with Crippen molar-refractivity contribution in [2.75, 3.05) is 24.7 Å². The van der Waals surface area contributed by atoms with Crippen LogP contribution in [0.15, 0.2) is 30.5 Å². The van der Waals surface area contributed by atoms with Crippen LogP contribution in [0, 0.1) is 5.92 Å². The fraction of sp³-hybridized carbons (Fsp3) is 0.263. The first-order chi connectivity index (χ1) is 15.7. The number of methoxy groups -OCH3 is 1. The van der Waals surface area contributed by atoms with Crippen molar-refractivity contribution in [3.05, 3.63) is 36.2 Å². The van der Waals surface area contributed by atoms with Gasteiger partial charge in [0.25, 0.3) is 5.91 Å². The molecular formula is C19H20N8O3. The molecule has 154 valence electrons. The fourth-order valence-electron chi connectivity index (χ4n) is 2.88. The Morgan fingerprint density at radius 1 is 1.27 bits per heavy atom. The smallest absolute Gasteiger partial charge is 0.273 e. The van der Waals surface area contributed by atoms with Gasteiger partial charge in [-0.25, -0.2) is 0 Å². The predicted molar refractivity (Wildman–Crippen MR) is 108 cm³/mol. The van der Waals surface area contributed by atoms with Gasteiger partial charge in [0, 0.05) is 28.6 Å². The second kappa shape index (κ2) is 8.15.